The van der Waals surface area contributed by atoms with Crippen molar-refractivity contribution < 1.29 is 4.74 Å². The summed E-state index contributed by atoms with van der Waals surface area (Å²) < 4.78 is 9.04. The van der Waals surface area contributed by atoms with Crippen LogP contribution in [0.5, 0.6) is 5.88 Å². The fourth-order valence-electron chi connectivity index (χ4n) is 2.11. The first-order valence-corrected chi connectivity index (χ1v) is 8.20. The van der Waals surface area contributed by atoms with Crippen molar-refractivity contribution in [1.29, 1.82) is 0 Å². The van der Waals surface area contributed by atoms with Crippen LogP contribution in [0.25, 0.3) is 16.9 Å². The molecule has 0 saturated carbocycles. The third kappa shape index (κ3) is 2.67. The number of nitrogens with zero attached hydrogens (tertiary/aromatic N) is 3. The first kappa shape index (κ1) is 14.8. The lowest BCUT2D eigenvalue weighted by molar-refractivity contribution is 0.399. The van der Waals surface area contributed by atoms with E-state index in [1.54, 1.807) is 13.2 Å². The molecule has 0 unspecified atom stereocenters. The Morgan fingerprint density at radius 3 is 2.67 bits per heavy atom. The van der Waals surface area contributed by atoms with Crippen LogP contribution < -0.4 is 4.74 Å². The van der Waals surface area contributed by atoms with E-state index in [9.17, 15) is 0 Å². The molecule has 0 spiro atoms. The Morgan fingerprint density at radius 2 is 2.00 bits per heavy atom. The molecule has 3 rings (SSSR count). The minimum Gasteiger partial charge on any atom is -0.481 e. The average Bonchev–Trinajstić information content (AvgIpc) is 2.84. The number of pyridine rings is 1. The zero-order valence-corrected chi connectivity index (χ0v) is 14.9. The summed E-state index contributed by atoms with van der Waals surface area (Å²) in [4.78, 5) is 9.02. The van der Waals surface area contributed by atoms with E-state index in [0.717, 1.165) is 26.0 Å². The number of methoxy groups -OCH3 is 1. The molecule has 0 radical (unpaired) electrons. The molecule has 0 saturated heterocycles. The van der Waals surface area contributed by atoms with E-state index < -0.39 is 0 Å². The van der Waals surface area contributed by atoms with Crippen LogP contribution in [0.1, 0.15) is 5.82 Å². The number of fused-ring (bicyclic) bond motifs is 1. The van der Waals surface area contributed by atoms with Crippen LogP contribution in [0.4, 0.5) is 0 Å². The van der Waals surface area contributed by atoms with Gasteiger partial charge in [-0.05, 0) is 40.2 Å². The van der Waals surface area contributed by atoms with Crippen molar-refractivity contribution >= 4 is 54.6 Å². The largest absolute Gasteiger partial charge is 0.481 e. The van der Waals surface area contributed by atoms with Crippen molar-refractivity contribution in [2.45, 2.75) is 5.88 Å². The molecule has 3 aromatic rings. The molecule has 0 aliphatic rings. The van der Waals surface area contributed by atoms with E-state index in [1.807, 2.05) is 28.8 Å². The highest BCUT2D eigenvalue weighted by Crippen LogP contribution is 2.30. The molecule has 4 nitrogen and oxygen atoms in total. The molecular weight excluding hydrogens is 421 g/mol. The van der Waals surface area contributed by atoms with Gasteiger partial charge in [0.2, 0.25) is 5.88 Å². The second-order valence-electron chi connectivity index (χ2n) is 4.29. The van der Waals surface area contributed by atoms with Gasteiger partial charge >= 0.3 is 0 Å². The molecule has 0 fully saturated rings. The fraction of sp³-hybridized carbons (Fsp3) is 0.143. The molecule has 0 N–H and O–H groups in total. The van der Waals surface area contributed by atoms with Gasteiger partial charge in [-0.15, -0.1) is 11.6 Å². The summed E-state index contributed by atoms with van der Waals surface area (Å²) in [6.45, 7) is 0. The first-order chi connectivity index (χ1) is 10.1. The van der Waals surface area contributed by atoms with Gasteiger partial charge in [0, 0.05) is 15.0 Å². The van der Waals surface area contributed by atoms with Crippen molar-refractivity contribution in [2.24, 2.45) is 0 Å². The Bertz CT molecular complexity index is 819. The molecule has 0 atom stereocenters. The van der Waals surface area contributed by atoms with Crippen molar-refractivity contribution in [1.82, 2.24) is 14.5 Å². The maximum Gasteiger partial charge on any atom is 0.215 e. The predicted octanol–water partition coefficient (Wildman–Crippen LogP) is 4.69. The van der Waals surface area contributed by atoms with Gasteiger partial charge < -0.3 is 4.74 Å². The molecule has 2 heterocycles. The lowest BCUT2D eigenvalue weighted by Gasteiger charge is -2.10. The van der Waals surface area contributed by atoms with Crippen LogP contribution in [0.3, 0.4) is 0 Å². The van der Waals surface area contributed by atoms with E-state index in [4.69, 9.17) is 16.3 Å². The summed E-state index contributed by atoms with van der Waals surface area (Å²) in [5.41, 5.74) is 2.42. The fourth-order valence-corrected chi connectivity index (χ4v) is 3.51. The zero-order chi connectivity index (χ0) is 15.0. The highest BCUT2D eigenvalue weighted by Gasteiger charge is 2.16. The standard InChI is InChI=1S/C14H10Br2ClN3O/c1-21-13-5-3-10-14(19-13)20(12(7-17)18-10)11-4-2-8(15)6-9(11)16/h2-6H,7H2,1H3. The van der Waals surface area contributed by atoms with Gasteiger partial charge in [-0.25, -0.2) is 4.98 Å². The van der Waals surface area contributed by atoms with Gasteiger partial charge in [-0.1, -0.05) is 15.9 Å². The van der Waals surface area contributed by atoms with Gasteiger partial charge in [0.25, 0.3) is 0 Å². The average molecular weight is 432 g/mol. The predicted molar refractivity (Wildman–Crippen MR) is 90.4 cm³/mol. The summed E-state index contributed by atoms with van der Waals surface area (Å²) in [6, 6.07) is 9.57. The van der Waals surface area contributed by atoms with E-state index in [1.165, 1.54) is 0 Å². The maximum absolute atomic E-state index is 6.04. The molecule has 1 aromatic carbocycles. The monoisotopic (exact) mass is 429 g/mol. The van der Waals surface area contributed by atoms with Crippen LogP contribution in [0.15, 0.2) is 39.3 Å². The highest BCUT2D eigenvalue weighted by molar-refractivity contribution is 9.11. The number of rotatable bonds is 3. The molecule has 0 aliphatic heterocycles. The van der Waals surface area contributed by atoms with Crippen LogP contribution in [0, 0.1) is 0 Å². The number of aromatic nitrogens is 3. The number of imidazole rings is 1. The first-order valence-electron chi connectivity index (χ1n) is 6.08. The van der Waals surface area contributed by atoms with Gasteiger partial charge in [-0.2, -0.15) is 4.98 Å². The van der Waals surface area contributed by atoms with Crippen LogP contribution in [-0.4, -0.2) is 21.6 Å². The number of benzene rings is 1. The molecule has 0 aliphatic carbocycles. The van der Waals surface area contributed by atoms with Crippen molar-refractivity contribution in [3.8, 4) is 11.6 Å². The highest BCUT2D eigenvalue weighted by atomic mass is 79.9. The third-order valence-electron chi connectivity index (χ3n) is 3.03. The van der Waals surface area contributed by atoms with E-state index >= 15 is 0 Å². The number of hydrogen-bond acceptors (Lipinski definition) is 3. The quantitative estimate of drug-likeness (QED) is 0.565. The lowest BCUT2D eigenvalue weighted by atomic mass is 10.3. The number of ether oxygens (including phenoxy) is 1. The summed E-state index contributed by atoms with van der Waals surface area (Å²) >= 11 is 13.1. The van der Waals surface area contributed by atoms with Gasteiger partial charge in [0.05, 0.1) is 18.7 Å². The molecule has 2 aromatic heterocycles. The second-order valence-corrected chi connectivity index (χ2v) is 6.33. The number of alkyl halides is 1. The van der Waals surface area contributed by atoms with Gasteiger partial charge in [0.1, 0.15) is 11.3 Å². The van der Waals surface area contributed by atoms with Crippen molar-refractivity contribution in [3.63, 3.8) is 0 Å². The Morgan fingerprint density at radius 1 is 1.19 bits per heavy atom. The lowest BCUT2D eigenvalue weighted by Crippen LogP contribution is -2.01. The maximum atomic E-state index is 6.04. The third-order valence-corrected chi connectivity index (χ3v) is 4.40. The zero-order valence-electron chi connectivity index (χ0n) is 11.0. The summed E-state index contributed by atoms with van der Waals surface area (Å²) in [7, 11) is 1.59. The minimum atomic E-state index is 0.293. The molecule has 108 valence electrons. The van der Waals surface area contributed by atoms with Gasteiger partial charge in [-0.3, -0.25) is 4.57 Å². The topological polar surface area (TPSA) is 39.9 Å². The molecule has 21 heavy (non-hydrogen) atoms. The summed E-state index contributed by atoms with van der Waals surface area (Å²) in [6.07, 6.45) is 0. The Labute approximate surface area is 143 Å². The van der Waals surface area contributed by atoms with Gasteiger partial charge in [0.15, 0.2) is 5.65 Å². The minimum absolute atomic E-state index is 0.293. The van der Waals surface area contributed by atoms with Crippen molar-refractivity contribution in [3.05, 3.63) is 45.1 Å². The van der Waals surface area contributed by atoms with Crippen LogP contribution in [-0.2, 0) is 5.88 Å². The Kier molecular flexibility index (Phi) is 4.19. The Balaban J connectivity index is 2.33. The Hall–Kier alpha value is -1.11. The smallest absolute Gasteiger partial charge is 0.215 e. The second kappa shape index (κ2) is 5.94. The van der Waals surface area contributed by atoms with Crippen LogP contribution >= 0.6 is 43.5 Å². The molecule has 7 heteroatoms. The van der Waals surface area contributed by atoms with Crippen LogP contribution in [0.2, 0.25) is 0 Å². The molecule has 0 bridgehead atoms. The van der Waals surface area contributed by atoms with E-state index in [0.29, 0.717) is 17.4 Å². The number of hydrogen-bond donors (Lipinski definition) is 0. The van der Waals surface area contributed by atoms with Crippen molar-refractivity contribution in [2.75, 3.05) is 7.11 Å². The molecular formula is C14H10Br2ClN3O. The normalized spacial score (nSPS) is 11.0. The summed E-state index contributed by atoms with van der Waals surface area (Å²) in [5.74, 6) is 1.56. The molecule has 0 amide bonds. The van der Waals surface area contributed by atoms with E-state index in [2.05, 4.69) is 41.8 Å². The SMILES string of the molecule is COc1ccc2nc(CCl)n(-c3ccc(Br)cc3Br)c2n1. The number of halogens is 3. The summed E-state index contributed by atoms with van der Waals surface area (Å²) in [5, 5.41) is 0. The van der Waals surface area contributed by atoms with E-state index in [-0.39, 0.29) is 0 Å².